The number of carbonyl (C=O) groups excluding carboxylic acids is 1. The zero-order chi connectivity index (χ0) is 16.4. The molecule has 3 rings (SSSR count). The summed E-state index contributed by atoms with van der Waals surface area (Å²) in [5.74, 6) is -0.291. The third-order valence-corrected chi connectivity index (χ3v) is 4.43. The van der Waals surface area contributed by atoms with Gasteiger partial charge in [-0.15, -0.1) is 11.3 Å². The highest BCUT2D eigenvalue weighted by Crippen LogP contribution is 2.32. The highest BCUT2D eigenvalue weighted by Gasteiger charge is 2.13. The molecule has 23 heavy (non-hydrogen) atoms. The molecule has 1 amide bonds. The van der Waals surface area contributed by atoms with Crippen molar-refractivity contribution < 1.29 is 4.79 Å². The molecule has 5 nitrogen and oxygen atoms in total. The van der Waals surface area contributed by atoms with E-state index in [-0.39, 0.29) is 5.91 Å². The van der Waals surface area contributed by atoms with Gasteiger partial charge in [-0.2, -0.15) is 5.10 Å². The lowest BCUT2D eigenvalue weighted by Crippen LogP contribution is -2.13. The number of benzene rings is 1. The summed E-state index contributed by atoms with van der Waals surface area (Å²) in [7, 11) is 0. The van der Waals surface area contributed by atoms with Crippen molar-refractivity contribution in [3.63, 3.8) is 0 Å². The molecule has 0 fully saturated rings. The maximum atomic E-state index is 12.1. The van der Waals surface area contributed by atoms with Gasteiger partial charge in [0.15, 0.2) is 10.8 Å². The van der Waals surface area contributed by atoms with E-state index in [0.717, 1.165) is 5.56 Å². The summed E-state index contributed by atoms with van der Waals surface area (Å²) < 4.78 is 1.69. The van der Waals surface area contributed by atoms with Crippen LogP contribution in [0.2, 0.25) is 10.0 Å². The Morgan fingerprint density at radius 3 is 2.87 bits per heavy atom. The Hall–Kier alpha value is -1.89. The number of thiazole rings is 1. The molecule has 118 valence electrons. The molecular weight excluding hydrogens is 355 g/mol. The van der Waals surface area contributed by atoms with Gasteiger partial charge in [0.2, 0.25) is 0 Å². The van der Waals surface area contributed by atoms with Crippen molar-refractivity contribution in [1.29, 1.82) is 0 Å². The SMILES string of the molecule is CCn1ccc(C(=O)Nc2nc(-c3ccc(Cl)cc3Cl)cs2)n1. The number of carbonyl (C=O) groups is 1. The van der Waals surface area contributed by atoms with Crippen molar-refractivity contribution >= 4 is 45.6 Å². The maximum Gasteiger partial charge on any atom is 0.277 e. The first-order valence-electron chi connectivity index (χ1n) is 6.82. The fourth-order valence-electron chi connectivity index (χ4n) is 1.97. The van der Waals surface area contributed by atoms with Crippen LogP contribution in [0, 0.1) is 0 Å². The molecule has 2 heterocycles. The second kappa shape index (κ2) is 6.70. The van der Waals surface area contributed by atoms with Crippen molar-refractivity contribution in [2.75, 3.05) is 5.32 Å². The molecule has 0 saturated carbocycles. The van der Waals surface area contributed by atoms with E-state index in [9.17, 15) is 4.79 Å². The first-order chi connectivity index (χ1) is 11.1. The van der Waals surface area contributed by atoms with E-state index >= 15 is 0 Å². The van der Waals surface area contributed by atoms with Gasteiger partial charge in [0.05, 0.1) is 10.7 Å². The lowest BCUT2D eigenvalue weighted by Gasteiger charge is -2.01. The van der Waals surface area contributed by atoms with Gasteiger partial charge >= 0.3 is 0 Å². The van der Waals surface area contributed by atoms with Crippen molar-refractivity contribution in [2.24, 2.45) is 0 Å². The molecule has 1 aromatic carbocycles. The Morgan fingerprint density at radius 1 is 1.35 bits per heavy atom. The molecule has 1 N–H and O–H groups in total. The van der Waals surface area contributed by atoms with E-state index in [0.29, 0.717) is 33.1 Å². The molecule has 0 spiro atoms. The third-order valence-electron chi connectivity index (χ3n) is 3.13. The van der Waals surface area contributed by atoms with Crippen LogP contribution in [-0.2, 0) is 6.54 Å². The molecule has 0 atom stereocenters. The maximum absolute atomic E-state index is 12.1. The van der Waals surface area contributed by atoms with Crippen LogP contribution < -0.4 is 5.32 Å². The molecule has 8 heteroatoms. The fraction of sp³-hybridized carbons (Fsp3) is 0.133. The summed E-state index contributed by atoms with van der Waals surface area (Å²) >= 11 is 13.4. The molecule has 0 unspecified atom stereocenters. The highest BCUT2D eigenvalue weighted by atomic mass is 35.5. The van der Waals surface area contributed by atoms with E-state index < -0.39 is 0 Å². The Kier molecular flexibility index (Phi) is 4.66. The Labute approximate surface area is 146 Å². The van der Waals surface area contributed by atoms with E-state index in [1.807, 2.05) is 12.3 Å². The van der Waals surface area contributed by atoms with Crippen molar-refractivity contribution in [2.45, 2.75) is 13.5 Å². The molecule has 2 aromatic heterocycles. The number of hydrogen-bond acceptors (Lipinski definition) is 4. The minimum Gasteiger partial charge on any atom is -0.296 e. The van der Waals surface area contributed by atoms with Crippen LogP contribution in [0.5, 0.6) is 0 Å². The molecule has 0 radical (unpaired) electrons. The molecule has 3 aromatic rings. The quantitative estimate of drug-likeness (QED) is 0.734. The highest BCUT2D eigenvalue weighted by molar-refractivity contribution is 7.14. The summed E-state index contributed by atoms with van der Waals surface area (Å²) in [4.78, 5) is 16.5. The molecule has 0 aliphatic heterocycles. The number of halogens is 2. The first-order valence-corrected chi connectivity index (χ1v) is 8.46. The van der Waals surface area contributed by atoms with Gasteiger partial charge in [-0.1, -0.05) is 23.2 Å². The third kappa shape index (κ3) is 3.55. The minimum atomic E-state index is -0.291. The predicted octanol–water partition coefficient (Wildman–Crippen LogP) is 4.59. The number of aromatic nitrogens is 3. The van der Waals surface area contributed by atoms with E-state index in [1.54, 1.807) is 35.1 Å². The van der Waals surface area contributed by atoms with Crippen LogP contribution >= 0.6 is 34.5 Å². The Balaban J connectivity index is 1.78. The fourth-order valence-corrected chi connectivity index (χ4v) is 3.18. The van der Waals surface area contributed by atoms with Gasteiger partial charge in [-0.25, -0.2) is 4.98 Å². The number of amides is 1. The zero-order valence-electron chi connectivity index (χ0n) is 12.1. The second-order valence-corrected chi connectivity index (χ2v) is 6.37. The standard InChI is InChI=1S/C15H12Cl2N4OS/c1-2-21-6-5-12(20-21)14(22)19-15-18-13(8-23-15)10-4-3-9(16)7-11(10)17/h3-8H,2H2,1H3,(H,18,19,22). The topological polar surface area (TPSA) is 59.8 Å². The Morgan fingerprint density at radius 2 is 2.17 bits per heavy atom. The number of nitrogens with one attached hydrogen (secondary N) is 1. The number of nitrogens with zero attached hydrogens (tertiary/aromatic N) is 3. The summed E-state index contributed by atoms with van der Waals surface area (Å²) in [6, 6.07) is 6.88. The molecule has 0 aliphatic carbocycles. The van der Waals surface area contributed by atoms with Gasteiger partial charge in [-0.3, -0.25) is 14.8 Å². The lowest BCUT2D eigenvalue weighted by molar-refractivity contribution is 0.102. The van der Waals surface area contributed by atoms with E-state index in [4.69, 9.17) is 23.2 Å². The van der Waals surface area contributed by atoms with Gasteiger partial charge in [0.1, 0.15) is 0 Å². The Bertz CT molecular complexity index is 859. The van der Waals surface area contributed by atoms with Crippen molar-refractivity contribution in [3.8, 4) is 11.3 Å². The smallest absolute Gasteiger partial charge is 0.277 e. The number of hydrogen-bond donors (Lipinski definition) is 1. The zero-order valence-corrected chi connectivity index (χ0v) is 14.4. The van der Waals surface area contributed by atoms with E-state index in [2.05, 4.69) is 15.4 Å². The second-order valence-electron chi connectivity index (χ2n) is 4.67. The van der Waals surface area contributed by atoms with E-state index in [1.165, 1.54) is 11.3 Å². The first kappa shape index (κ1) is 16.0. The van der Waals surface area contributed by atoms with Crippen LogP contribution in [-0.4, -0.2) is 20.7 Å². The normalized spacial score (nSPS) is 10.7. The molecule has 0 aliphatic rings. The summed E-state index contributed by atoms with van der Waals surface area (Å²) in [6.45, 7) is 2.67. The minimum absolute atomic E-state index is 0.291. The predicted molar refractivity (Wildman–Crippen MR) is 93.4 cm³/mol. The van der Waals surface area contributed by atoms with Crippen LogP contribution in [0.15, 0.2) is 35.8 Å². The summed E-state index contributed by atoms with van der Waals surface area (Å²) in [5, 5.41) is 10.3. The number of anilines is 1. The average molecular weight is 367 g/mol. The molecular formula is C15H12Cl2N4OS. The lowest BCUT2D eigenvalue weighted by atomic mass is 10.2. The van der Waals surface area contributed by atoms with Crippen LogP contribution in [0.25, 0.3) is 11.3 Å². The van der Waals surface area contributed by atoms with Gasteiger partial charge in [0, 0.05) is 28.7 Å². The largest absolute Gasteiger partial charge is 0.296 e. The van der Waals surface area contributed by atoms with Gasteiger partial charge in [0.25, 0.3) is 5.91 Å². The monoisotopic (exact) mass is 366 g/mol. The molecule has 0 bridgehead atoms. The van der Waals surface area contributed by atoms with Gasteiger partial charge in [-0.05, 0) is 31.2 Å². The molecule has 0 saturated heterocycles. The van der Waals surface area contributed by atoms with Crippen molar-refractivity contribution in [3.05, 3.63) is 51.6 Å². The van der Waals surface area contributed by atoms with Crippen LogP contribution in [0.3, 0.4) is 0 Å². The number of rotatable bonds is 4. The number of aryl methyl sites for hydroxylation is 1. The average Bonchev–Trinajstić information content (AvgIpc) is 3.16. The van der Waals surface area contributed by atoms with Crippen molar-refractivity contribution in [1.82, 2.24) is 14.8 Å². The summed E-state index contributed by atoms with van der Waals surface area (Å²) in [5.41, 5.74) is 1.81. The van der Waals surface area contributed by atoms with Gasteiger partial charge < -0.3 is 0 Å². The van der Waals surface area contributed by atoms with Crippen LogP contribution in [0.1, 0.15) is 17.4 Å². The van der Waals surface area contributed by atoms with Crippen LogP contribution in [0.4, 0.5) is 5.13 Å². The summed E-state index contributed by atoms with van der Waals surface area (Å²) in [6.07, 6.45) is 1.76.